The number of hydrogen-bond acceptors (Lipinski definition) is 3. The second-order valence-electron chi connectivity index (χ2n) is 8.89. The van der Waals surface area contributed by atoms with Crippen LogP contribution in [0.2, 0.25) is 0 Å². The van der Waals surface area contributed by atoms with Gasteiger partial charge in [-0.2, -0.15) is 0 Å². The highest BCUT2D eigenvalue weighted by Gasteiger charge is 2.28. The number of carbonyl (C=O) groups is 1. The first kappa shape index (κ1) is 23.0. The molecule has 1 aliphatic rings. The highest BCUT2D eigenvalue weighted by molar-refractivity contribution is 5.95. The number of amides is 1. The predicted molar refractivity (Wildman–Crippen MR) is 135 cm³/mol. The third kappa shape index (κ3) is 4.50. The van der Waals surface area contributed by atoms with Crippen molar-refractivity contribution in [2.75, 3.05) is 38.2 Å². The Kier molecular flexibility index (Phi) is 6.77. The largest absolute Gasteiger partial charge is 0.497 e. The zero-order valence-corrected chi connectivity index (χ0v) is 20.5. The highest BCUT2D eigenvalue weighted by Crippen LogP contribution is 2.27. The second-order valence-corrected chi connectivity index (χ2v) is 8.89. The summed E-state index contributed by atoms with van der Waals surface area (Å²) in [5, 5.41) is 0. The van der Waals surface area contributed by atoms with Crippen molar-refractivity contribution < 1.29 is 9.53 Å². The Morgan fingerprint density at radius 1 is 0.970 bits per heavy atom. The van der Waals surface area contributed by atoms with Crippen molar-refractivity contribution in [1.29, 1.82) is 0 Å². The van der Waals surface area contributed by atoms with Crippen molar-refractivity contribution in [1.82, 2.24) is 9.47 Å². The fourth-order valence-electron chi connectivity index (χ4n) is 5.11. The van der Waals surface area contributed by atoms with Crippen LogP contribution in [0.15, 0.2) is 48.5 Å². The van der Waals surface area contributed by atoms with Gasteiger partial charge in [0.2, 0.25) is 0 Å². The van der Waals surface area contributed by atoms with Gasteiger partial charge >= 0.3 is 0 Å². The average molecular weight is 446 g/mol. The standard InChI is InChI=1S/C28H35N3O2/c1-6-25-21(3)27(31(22(25)4)19-23-11-9-12-24(18-23)33-5)28(32)30-16-14-29(15-17-30)26-13-8-7-10-20(26)2/h7-13,18H,6,14-17,19H2,1-5H3. The van der Waals surface area contributed by atoms with Crippen LogP contribution < -0.4 is 9.64 Å². The fraction of sp³-hybridized carbons (Fsp3) is 0.393. The minimum atomic E-state index is 0.141. The van der Waals surface area contributed by atoms with E-state index in [0.717, 1.165) is 55.2 Å². The topological polar surface area (TPSA) is 37.7 Å². The van der Waals surface area contributed by atoms with E-state index in [2.05, 4.69) is 73.6 Å². The third-order valence-corrected chi connectivity index (χ3v) is 6.97. The molecular weight excluding hydrogens is 410 g/mol. The van der Waals surface area contributed by atoms with Gasteiger partial charge in [0.15, 0.2) is 0 Å². The van der Waals surface area contributed by atoms with Crippen LogP contribution in [0.5, 0.6) is 5.75 Å². The second kappa shape index (κ2) is 9.74. The fourth-order valence-corrected chi connectivity index (χ4v) is 5.11. The van der Waals surface area contributed by atoms with Crippen molar-refractivity contribution >= 4 is 11.6 Å². The number of hydrogen-bond donors (Lipinski definition) is 0. The van der Waals surface area contributed by atoms with E-state index in [-0.39, 0.29) is 5.91 Å². The monoisotopic (exact) mass is 445 g/mol. The number of para-hydroxylation sites is 1. The molecule has 2 heterocycles. The summed E-state index contributed by atoms with van der Waals surface area (Å²) in [6, 6.07) is 16.6. The lowest BCUT2D eigenvalue weighted by atomic mass is 10.1. The Balaban J connectivity index is 1.59. The number of rotatable bonds is 6. The Morgan fingerprint density at radius 3 is 2.36 bits per heavy atom. The molecule has 4 rings (SSSR count). The van der Waals surface area contributed by atoms with Gasteiger partial charge in [-0.15, -0.1) is 0 Å². The summed E-state index contributed by atoms with van der Waals surface area (Å²) in [6.45, 7) is 12.4. The molecule has 1 aliphatic heterocycles. The van der Waals surface area contributed by atoms with Crippen LogP contribution in [-0.4, -0.2) is 48.7 Å². The van der Waals surface area contributed by atoms with Gasteiger partial charge in [-0.1, -0.05) is 37.3 Å². The first-order valence-electron chi connectivity index (χ1n) is 11.9. The minimum absolute atomic E-state index is 0.141. The van der Waals surface area contributed by atoms with Crippen LogP contribution in [0, 0.1) is 20.8 Å². The summed E-state index contributed by atoms with van der Waals surface area (Å²) < 4.78 is 7.62. The summed E-state index contributed by atoms with van der Waals surface area (Å²) in [5.41, 5.74) is 8.09. The van der Waals surface area contributed by atoms with E-state index in [9.17, 15) is 4.79 Å². The van der Waals surface area contributed by atoms with Crippen molar-refractivity contribution in [2.24, 2.45) is 0 Å². The van der Waals surface area contributed by atoms with E-state index < -0.39 is 0 Å². The number of carbonyl (C=O) groups excluding carboxylic acids is 1. The smallest absolute Gasteiger partial charge is 0.270 e. The molecule has 0 N–H and O–H groups in total. The lowest BCUT2D eigenvalue weighted by molar-refractivity contribution is 0.0735. The van der Waals surface area contributed by atoms with Gasteiger partial charge in [0, 0.05) is 44.1 Å². The van der Waals surface area contributed by atoms with Gasteiger partial charge in [0.05, 0.1) is 7.11 Å². The highest BCUT2D eigenvalue weighted by atomic mass is 16.5. The molecule has 3 aromatic rings. The van der Waals surface area contributed by atoms with E-state index in [1.165, 1.54) is 22.5 Å². The molecule has 0 bridgehead atoms. The van der Waals surface area contributed by atoms with Crippen LogP contribution in [0.3, 0.4) is 0 Å². The maximum Gasteiger partial charge on any atom is 0.270 e. The van der Waals surface area contributed by atoms with Gasteiger partial charge in [-0.05, 0) is 67.6 Å². The third-order valence-electron chi connectivity index (χ3n) is 6.97. The summed E-state index contributed by atoms with van der Waals surface area (Å²) in [4.78, 5) is 18.2. The maximum absolute atomic E-state index is 13.8. The van der Waals surface area contributed by atoms with Crippen LogP contribution in [0.25, 0.3) is 0 Å². The van der Waals surface area contributed by atoms with E-state index in [1.807, 2.05) is 17.0 Å². The molecule has 2 aromatic carbocycles. The molecular formula is C28H35N3O2. The van der Waals surface area contributed by atoms with E-state index in [4.69, 9.17) is 4.74 Å². The van der Waals surface area contributed by atoms with E-state index in [1.54, 1.807) is 7.11 Å². The van der Waals surface area contributed by atoms with Crippen molar-refractivity contribution in [3.8, 4) is 5.75 Å². The van der Waals surface area contributed by atoms with Gasteiger partial charge in [-0.3, -0.25) is 4.79 Å². The summed E-state index contributed by atoms with van der Waals surface area (Å²) in [6.07, 6.45) is 0.921. The van der Waals surface area contributed by atoms with Gasteiger partial charge in [-0.25, -0.2) is 0 Å². The van der Waals surface area contributed by atoms with Crippen LogP contribution in [-0.2, 0) is 13.0 Å². The Labute approximate surface area is 197 Å². The normalized spacial score (nSPS) is 14.0. The molecule has 1 saturated heterocycles. The number of anilines is 1. The lowest BCUT2D eigenvalue weighted by Crippen LogP contribution is -2.49. The van der Waals surface area contributed by atoms with Gasteiger partial charge in [0.1, 0.15) is 11.4 Å². The van der Waals surface area contributed by atoms with E-state index in [0.29, 0.717) is 6.54 Å². The molecule has 0 saturated carbocycles. The number of aryl methyl sites for hydroxylation is 1. The molecule has 0 atom stereocenters. The van der Waals surface area contributed by atoms with Gasteiger partial charge in [0.25, 0.3) is 5.91 Å². The first-order valence-corrected chi connectivity index (χ1v) is 11.9. The molecule has 5 nitrogen and oxygen atoms in total. The SMILES string of the molecule is CCc1c(C)c(C(=O)N2CCN(c3ccccc3C)CC2)n(Cc2cccc(OC)c2)c1C. The lowest BCUT2D eigenvalue weighted by Gasteiger charge is -2.37. The minimum Gasteiger partial charge on any atom is -0.497 e. The number of piperazine rings is 1. The molecule has 0 spiro atoms. The van der Waals surface area contributed by atoms with Gasteiger partial charge < -0.3 is 19.1 Å². The number of ether oxygens (including phenoxy) is 1. The molecule has 1 aromatic heterocycles. The Bertz CT molecular complexity index is 1140. The Hall–Kier alpha value is -3.21. The molecule has 0 radical (unpaired) electrons. The quantitative estimate of drug-likeness (QED) is 0.536. The number of nitrogens with zero attached hydrogens (tertiary/aromatic N) is 3. The molecule has 5 heteroatoms. The number of benzene rings is 2. The van der Waals surface area contributed by atoms with Crippen LogP contribution in [0.4, 0.5) is 5.69 Å². The number of methoxy groups -OCH3 is 1. The molecule has 0 unspecified atom stereocenters. The first-order chi connectivity index (χ1) is 15.9. The zero-order chi connectivity index (χ0) is 23.5. The van der Waals surface area contributed by atoms with Crippen molar-refractivity contribution in [3.63, 3.8) is 0 Å². The molecule has 1 amide bonds. The molecule has 1 fully saturated rings. The molecule has 0 aliphatic carbocycles. The van der Waals surface area contributed by atoms with E-state index >= 15 is 0 Å². The maximum atomic E-state index is 13.8. The molecule has 174 valence electrons. The predicted octanol–water partition coefficient (Wildman–Crippen LogP) is 5.00. The van der Waals surface area contributed by atoms with Crippen molar-refractivity contribution in [2.45, 2.75) is 40.7 Å². The average Bonchev–Trinajstić information content (AvgIpc) is 3.07. The van der Waals surface area contributed by atoms with Crippen LogP contribution >= 0.6 is 0 Å². The summed E-state index contributed by atoms with van der Waals surface area (Å²) >= 11 is 0. The number of aromatic nitrogens is 1. The van der Waals surface area contributed by atoms with Crippen molar-refractivity contribution in [3.05, 3.63) is 82.2 Å². The summed E-state index contributed by atoms with van der Waals surface area (Å²) in [7, 11) is 1.69. The Morgan fingerprint density at radius 2 is 1.70 bits per heavy atom. The summed E-state index contributed by atoms with van der Waals surface area (Å²) in [5.74, 6) is 0.979. The van der Waals surface area contributed by atoms with Crippen LogP contribution in [0.1, 0.15) is 45.4 Å². The zero-order valence-electron chi connectivity index (χ0n) is 20.5. The molecule has 33 heavy (non-hydrogen) atoms.